The van der Waals surface area contributed by atoms with Crippen LogP contribution in [0.1, 0.15) is 12.0 Å². The normalized spacial score (nSPS) is 18.3. The van der Waals surface area contributed by atoms with Gasteiger partial charge in [-0.15, -0.1) is 11.3 Å². The number of nitrogens with one attached hydrogen (secondary N) is 1. The maximum atomic E-state index is 13.3. The molecule has 3 aromatic rings. The second-order valence-electron chi connectivity index (χ2n) is 7.48. The Morgan fingerprint density at radius 2 is 2.00 bits per heavy atom. The molecule has 9 heteroatoms. The molecule has 2 aromatic carbocycles. The number of thiazole rings is 1. The Kier molecular flexibility index (Phi) is 6.06. The molecule has 1 aliphatic rings. The molecule has 0 saturated carbocycles. The number of halogens is 1. The number of aliphatic hydroxyl groups excluding tert-OH is 1. The van der Waals surface area contributed by atoms with Gasteiger partial charge in [0, 0.05) is 36.5 Å². The third-order valence-corrected chi connectivity index (χ3v) is 6.00. The van der Waals surface area contributed by atoms with E-state index in [9.17, 15) is 24.5 Å². The van der Waals surface area contributed by atoms with E-state index < -0.39 is 12.1 Å². The Balaban J connectivity index is 1.44. The van der Waals surface area contributed by atoms with Crippen molar-refractivity contribution < 1.29 is 24.5 Å². The first-order valence-corrected chi connectivity index (χ1v) is 10.7. The molecule has 0 radical (unpaired) electrons. The van der Waals surface area contributed by atoms with Crippen LogP contribution in [-0.2, 0) is 11.2 Å². The number of phenols is 2. The molecular weight excluding hydrogens is 421 g/mol. The van der Waals surface area contributed by atoms with Gasteiger partial charge in [0.15, 0.2) is 5.13 Å². The Morgan fingerprint density at radius 1 is 1.23 bits per heavy atom. The first-order valence-electron chi connectivity index (χ1n) is 9.85. The standard InChI is InChI=1S/C22H22FN3O4S/c23-15-3-1-2-13(6-15)4-5-24-21(30)20-10-18(29)11-26(20)22-25-19(12-31-22)14-7-16(27)9-17(28)8-14/h1-3,6-9,12,18,20,27-29H,4-5,10-11H2,(H,24,30)/t18?,20-/m0/s1. The fourth-order valence-electron chi connectivity index (χ4n) is 3.69. The summed E-state index contributed by atoms with van der Waals surface area (Å²) >= 11 is 1.32. The lowest BCUT2D eigenvalue weighted by atomic mass is 10.1. The highest BCUT2D eigenvalue weighted by Gasteiger charge is 2.37. The molecule has 1 unspecified atom stereocenters. The van der Waals surface area contributed by atoms with E-state index >= 15 is 0 Å². The van der Waals surface area contributed by atoms with Gasteiger partial charge in [0.25, 0.3) is 0 Å². The van der Waals surface area contributed by atoms with Crippen LogP contribution in [0.3, 0.4) is 0 Å². The van der Waals surface area contributed by atoms with E-state index in [1.807, 2.05) is 0 Å². The molecule has 1 fully saturated rings. The average Bonchev–Trinajstić information content (AvgIpc) is 3.34. The number of phenolic OH excluding ortho intramolecular Hbond substituents is 2. The lowest BCUT2D eigenvalue weighted by molar-refractivity contribution is -0.122. The third-order valence-electron chi connectivity index (χ3n) is 5.12. The zero-order valence-corrected chi connectivity index (χ0v) is 17.3. The average molecular weight is 444 g/mol. The van der Waals surface area contributed by atoms with Gasteiger partial charge in [-0.05, 0) is 36.2 Å². The molecule has 7 nitrogen and oxygen atoms in total. The van der Waals surface area contributed by atoms with Crippen molar-refractivity contribution in [2.75, 3.05) is 18.0 Å². The summed E-state index contributed by atoms with van der Waals surface area (Å²) < 4.78 is 13.3. The highest BCUT2D eigenvalue weighted by molar-refractivity contribution is 7.14. The fraction of sp³-hybridized carbons (Fsp3) is 0.273. The van der Waals surface area contributed by atoms with Crippen LogP contribution in [0.5, 0.6) is 11.5 Å². The SMILES string of the molecule is O=C(NCCc1cccc(F)c1)[C@@H]1CC(O)CN1c1nc(-c2cc(O)cc(O)c2)cs1. The molecular formula is C22H22FN3O4S. The molecule has 1 aliphatic heterocycles. The zero-order chi connectivity index (χ0) is 22.0. The van der Waals surface area contributed by atoms with Crippen molar-refractivity contribution in [3.8, 4) is 22.8 Å². The summed E-state index contributed by atoms with van der Waals surface area (Å²) in [5.41, 5.74) is 1.90. The van der Waals surface area contributed by atoms with Crippen molar-refractivity contribution >= 4 is 22.4 Å². The van der Waals surface area contributed by atoms with E-state index in [0.29, 0.717) is 29.4 Å². The quantitative estimate of drug-likeness (QED) is 0.467. The molecule has 0 aliphatic carbocycles. The summed E-state index contributed by atoms with van der Waals surface area (Å²) in [5.74, 6) is -0.679. The predicted molar refractivity (Wildman–Crippen MR) is 116 cm³/mol. The monoisotopic (exact) mass is 443 g/mol. The second kappa shape index (κ2) is 8.91. The Morgan fingerprint density at radius 3 is 2.74 bits per heavy atom. The van der Waals surface area contributed by atoms with Crippen LogP contribution in [-0.4, -0.2) is 51.4 Å². The minimum Gasteiger partial charge on any atom is -0.508 e. The minimum atomic E-state index is -0.656. The minimum absolute atomic E-state index is 0.0725. The maximum absolute atomic E-state index is 13.3. The van der Waals surface area contributed by atoms with Crippen LogP contribution in [0.4, 0.5) is 9.52 Å². The van der Waals surface area contributed by atoms with Gasteiger partial charge in [0.05, 0.1) is 11.8 Å². The number of aliphatic hydroxyl groups is 1. The van der Waals surface area contributed by atoms with Gasteiger partial charge in [-0.25, -0.2) is 9.37 Å². The van der Waals surface area contributed by atoms with Gasteiger partial charge in [0.1, 0.15) is 23.4 Å². The van der Waals surface area contributed by atoms with Crippen LogP contribution in [0, 0.1) is 5.82 Å². The smallest absolute Gasteiger partial charge is 0.242 e. The number of benzene rings is 2. The number of amides is 1. The van der Waals surface area contributed by atoms with E-state index in [0.717, 1.165) is 5.56 Å². The van der Waals surface area contributed by atoms with Crippen LogP contribution < -0.4 is 10.2 Å². The van der Waals surface area contributed by atoms with E-state index in [1.54, 1.807) is 22.4 Å². The van der Waals surface area contributed by atoms with E-state index in [4.69, 9.17) is 0 Å². The number of β-amino-alcohol motifs (C(OH)–C–C–N with tert-alkyl or cyclic N) is 1. The highest BCUT2D eigenvalue weighted by atomic mass is 32.1. The van der Waals surface area contributed by atoms with Gasteiger partial charge >= 0.3 is 0 Å². The summed E-state index contributed by atoms with van der Waals surface area (Å²) in [6, 6.07) is 9.90. The number of carbonyl (C=O) groups excluding carboxylic acids is 1. The van der Waals surface area contributed by atoms with Crippen molar-refractivity contribution in [3.05, 3.63) is 59.2 Å². The lowest BCUT2D eigenvalue weighted by Gasteiger charge is -2.22. The van der Waals surface area contributed by atoms with Crippen molar-refractivity contribution in [2.45, 2.75) is 25.0 Å². The van der Waals surface area contributed by atoms with Gasteiger partial charge < -0.3 is 25.5 Å². The van der Waals surface area contributed by atoms with Crippen LogP contribution in [0.25, 0.3) is 11.3 Å². The molecule has 0 spiro atoms. The number of hydrogen-bond acceptors (Lipinski definition) is 7. The largest absolute Gasteiger partial charge is 0.508 e. The number of nitrogens with zero attached hydrogens (tertiary/aromatic N) is 2. The zero-order valence-electron chi connectivity index (χ0n) is 16.5. The number of rotatable bonds is 6. The molecule has 1 aromatic heterocycles. The van der Waals surface area contributed by atoms with Crippen LogP contribution in [0.2, 0.25) is 0 Å². The fourth-order valence-corrected chi connectivity index (χ4v) is 4.58. The van der Waals surface area contributed by atoms with E-state index in [1.165, 1.54) is 41.7 Å². The summed E-state index contributed by atoms with van der Waals surface area (Å²) in [5, 5.41) is 34.8. The molecule has 162 valence electrons. The molecule has 31 heavy (non-hydrogen) atoms. The molecule has 4 N–H and O–H groups in total. The van der Waals surface area contributed by atoms with Crippen molar-refractivity contribution in [3.63, 3.8) is 0 Å². The summed E-state index contributed by atoms with van der Waals surface area (Å²) in [6.07, 6.45) is 0.130. The number of aromatic hydroxyl groups is 2. The predicted octanol–water partition coefficient (Wildman–Crippen LogP) is 2.66. The van der Waals surface area contributed by atoms with Gasteiger partial charge in [-0.3, -0.25) is 4.79 Å². The molecule has 1 saturated heterocycles. The molecule has 2 heterocycles. The summed E-state index contributed by atoms with van der Waals surface area (Å²) in [6.45, 7) is 0.634. The van der Waals surface area contributed by atoms with Gasteiger partial charge in [-0.2, -0.15) is 0 Å². The number of hydrogen-bond donors (Lipinski definition) is 4. The third kappa shape index (κ3) is 4.95. The van der Waals surface area contributed by atoms with Crippen molar-refractivity contribution in [2.24, 2.45) is 0 Å². The first-order chi connectivity index (χ1) is 14.9. The van der Waals surface area contributed by atoms with Gasteiger partial charge in [0.2, 0.25) is 5.91 Å². The molecule has 2 atom stereocenters. The molecule has 1 amide bonds. The van der Waals surface area contributed by atoms with E-state index in [-0.39, 0.29) is 36.2 Å². The molecule has 0 bridgehead atoms. The number of aromatic nitrogens is 1. The van der Waals surface area contributed by atoms with Crippen LogP contribution >= 0.6 is 11.3 Å². The highest BCUT2D eigenvalue weighted by Crippen LogP contribution is 2.34. The second-order valence-corrected chi connectivity index (χ2v) is 8.32. The first kappa shape index (κ1) is 21.1. The van der Waals surface area contributed by atoms with Crippen molar-refractivity contribution in [1.29, 1.82) is 0 Å². The van der Waals surface area contributed by atoms with Crippen molar-refractivity contribution in [1.82, 2.24) is 10.3 Å². The Labute approximate surface area is 182 Å². The summed E-state index contributed by atoms with van der Waals surface area (Å²) in [4.78, 5) is 19.1. The Bertz CT molecular complexity index is 1070. The Hall–Kier alpha value is -3.17. The summed E-state index contributed by atoms with van der Waals surface area (Å²) in [7, 11) is 0. The topological polar surface area (TPSA) is 106 Å². The van der Waals surface area contributed by atoms with Crippen LogP contribution in [0.15, 0.2) is 47.8 Å². The number of anilines is 1. The maximum Gasteiger partial charge on any atom is 0.242 e. The van der Waals surface area contributed by atoms with E-state index in [2.05, 4.69) is 10.3 Å². The molecule has 4 rings (SSSR count). The van der Waals surface area contributed by atoms with Gasteiger partial charge in [-0.1, -0.05) is 12.1 Å². The number of carbonyl (C=O) groups is 1. The lowest BCUT2D eigenvalue weighted by Crippen LogP contribution is -2.44.